The van der Waals surface area contributed by atoms with E-state index in [1.54, 1.807) is 11.0 Å². The topological polar surface area (TPSA) is 38.8 Å². The van der Waals surface area contributed by atoms with Crippen LogP contribution in [0.15, 0.2) is 24.3 Å². The zero-order valence-corrected chi connectivity index (χ0v) is 15.5. The van der Waals surface area contributed by atoms with Gasteiger partial charge in [0.25, 0.3) is 0 Å². The molecule has 130 valence electrons. The van der Waals surface area contributed by atoms with E-state index in [0.717, 1.165) is 11.1 Å². The molecular weight excluding hydrogens is 349 g/mol. The number of fused-ring (bicyclic) bond motifs is 2. The van der Waals surface area contributed by atoms with E-state index in [9.17, 15) is 4.79 Å². The minimum absolute atomic E-state index is 0.0614. The van der Waals surface area contributed by atoms with Gasteiger partial charge in [0.2, 0.25) is 0 Å². The molecule has 2 aliphatic rings. The fraction of sp³-hybridized carbons (Fsp3) is 0.500. The van der Waals surface area contributed by atoms with Crippen molar-refractivity contribution in [3.63, 3.8) is 0 Å². The van der Waals surface area contributed by atoms with E-state index in [-0.39, 0.29) is 18.2 Å². The molecule has 4 nitrogen and oxygen atoms in total. The first-order valence-corrected chi connectivity index (χ1v) is 8.76. The zero-order chi connectivity index (χ0) is 17.5. The molecule has 1 aromatic rings. The Bertz CT molecular complexity index is 681. The summed E-state index contributed by atoms with van der Waals surface area (Å²) in [5.74, 6) is 0. The normalized spacial score (nSPS) is 23.7. The Morgan fingerprint density at radius 2 is 2.04 bits per heavy atom. The molecule has 0 saturated carbocycles. The van der Waals surface area contributed by atoms with E-state index in [0.29, 0.717) is 29.7 Å². The molecular formula is C18H21Cl2NO3. The second-order valence-electron chi connectivity index (χ2n) is 7.14. The number of halogens is 2. The van der Waals surface area contributed by atoms with Gasteiger partial charge in [0.15, 0.2) is 0 Å². The van der Waals surface area contributed by atoms with E-state index >= 15 is 0 Å². The molecule has 2 atom stereocenters. The number of carbonyl (C=O) groups excluding carboxylic acids is 1. The van der Waals surface area contributed by atoms with Crippen LogP contribution in [0.4, 0.5) is 4.79 Å². The summed E-state index contributed by atoms with van der Waals surface area (Å²) in [6.45, 7) is 6.55. The molecule has 1 amide bonds. The second kappa shape index (κ2) is 6.58. The molecule has 0 aliphatic carbocycles. The van der Waals surface area contributed by atoms with Gasteiger partial charge in [0.1, 0.15) is 5.60 Å². The highest BCUT2D eigenvalue weighted by atomic mass is 35.5. The van der Waals surface area contributed by atoms with Crippen LogP contribution in [0.2, 0.25) is 10.0 Å². The minimum atomic E-state index is -0.521. The van der Waals surface area contributed by atoms with Crippen molar-refractivity contribution in [2.45, 2.75) is 44.9 Å². The van der Waals surface area contributed by atoms with Crippen molar-refractivity contribution in [3.8, 4) is 0 Å². The van der Waals surface area contributed by atoms with Crippen LogP contribution in [0.1, 0.15) is 32.8 Å². The third-order valence-electron chi connectivity index (χ3n) is 4.10. The molecule has 2 bridgehead atoms. The number of ether oxygens (including phenoxy) is 2. The Morgan fingerprint density at radius 3 is 2.71 bits per heavy atom. The van der Waals surface area contributed by atoms with E-state index in [2.05, 4.69) is 0 Å². The number of carbonyl (C=O) groups is 1. The third-order valence-corrected chi connectivity index (χ3v) is 4.92. The summed E-state index contributed by atoms with van der Waals surface area (Å²) in [4.78, 5) is 14.4. The molecule has 2 unspecified atom stereocenters. The SMILES string of the molecule is CC(C)(C)OC(=O)N1C2C=C(c3cccc(Cl)c3Cl)CC1COC2. The summed E-state index contributed by atoms with van der Waals surface area (Å²) in [6.07, 6.45) is 2.40. The zero-order valence-electron chi connectivity index (χ0n) is 14.0. The maximum Gasteiger partial charge on any atom is 0.411 e. The predicted molar refractivity (Wildman–Crippen MR) is 95.5 cm³/mol. The third kappa shape index (κ3) is 3.56. The van der Waals surface area contributed by atoms with Crippen LogP contribution in [0.3, 0.4) is 0 Å². The lowest BCUT2D eigenvalue weighted by Gasteiger charge is -2.44. The van der Waals surface area contributed by atoms with E-state index in [1.807, 2.05) is 39.0 Å². The number of amides is 1. The highest BCUT2D eigenvalue weighted by molar-refractivity contribution is 6.43. The lowest BCUT2D eigenvalue weighted by molar-refractivity contribution is -0.0510. The van der Waals surface area contributed by atoms with Crippen LogP contribution in [0.5, 0.6) is 0 Å². The summed E-state index contributed by atoms with van der Waals surface area (Å²) in [7, 11) is 0. The quantitative estimate of drug-likeness (QED) is 0.714. The Labute approximate surface area is 152 Å². The average molecular weight is 370 g/mol. The number of morpholine rings is 1. The number of hydrogen-bond acceptors (Lipinski definition) is 3. The van der Waals surface area contributed by atoms with Crippen LogP contribution in [0, 0.1) is 0 Å². The van der Waals surface area contributed by atoms with Gasteiger partial charge >= 0.3 is 6.09 Å². The van der Waals surface area contributed by atoms with Crippen LogP contribution in [0.25, 0.3) is 5.57 Å². The number of benzene rings is 1. The molecule has 3 rings (SSSR count). The molecule has 24 heavy (non-hydrogen) atoms. The molecule has 1 saturated heterocycles. The minimum Gasteiger partial charge on any atom is -0.444 e. The van der Waals surface area contributed by atoms with Gasteiger partial charge < -0.3 is 9.47 Å². The molecule has 0 N–H and O–H groups in total. The fourth-order valence-corrected chi connectivity index (χ4v) is 3.57. The summed E-state index contributed by atoms with van der Waals surface area (Å²) < 4.78 is 11.2. The van der Waals surface area contributed by atoms with Gasteiger partial charge in [-0.2, -0.15) is 0 Å². The van der Waals surface area contributed by atoms with Gasteiger partial charge in [-0.25, -0.2) is 4.79 Å². The number of rotatable bonds is 1. The largest absolute Gasteiger partial charge is 0.444 e. The van der Waals surface area contributed by atoms with Gasteiger partial charge in [-0.05, 0) is 44.4 Å². The van der Waals surface area contributed by atoms with Crippen LogP contribution < -0.4 is 0 Å². The van der Waals surface area contributed by atoms with E-state index in [4.69, 9.17) is 32.7 Å². The Kier molecular flexibility index (Phi) is 4.82. The van der Waals surface area contributed by atoms with E-state index < -0.39 is 5.60 Å². The van der Waals surface area contributed by atoms with Crippen molar-refractivity contribution in [1.82, 2.24) is 4.90 Å². The highest BCUT2D eigenvalue weighted by Crippen LogP contribution is 2.38. The van der Waals surface area contributed by atoms with Crippen molar-refractivity contribution in [2.24, 2.45) is 0 Å². The maximum absolute atomic E-state index is 12.6. The van der Waals surface area contributed by atoms with E-state index in [1.165, 1.54) is 0 Å². The monoisotopic (exact) mass is 369 g/mol. The average Bonchev–Trinajstić information content (AvgIpc) is 2.47. The van der Waals surface area contributed by atoms with Crippen molar-refractivity contribution in [1.29, 1.82) is 0 Å². The molecule has 1 fully saturated rings. The Hall–Kier alpha value is -1.23. The summed E-state index contributed by atoms with van der Waals surface area (Å²) >= 11 is 12.5. The smallest absolute Gasteiger partial charge is 0.411 e. The van der Waals surface area contributed by atoms with Gasteiger partial charge in [-0.15, -0.1) is 0 Å². The van der Waals surface area contributed by atoms with Gasteiger partial charge in [-0.3, -0.25) is 4.90 Å². The first-order valence-electron chi connectivity index (χ1n) is 8.00. The second-order valence-corrected chi connectivity index (χ2v) is 7.93. The lowest BCUT2D eigenvalue weighted by Crippen LogP contribution is -2.57. The molecule has 0 aromatic heterocycles. The molecule has 6 heteroatoms. The Balaban J connectivity index is 1.90. The molecule has 0 spiro atoms. The lowest BCUT2D eigenvalue weighted by atomic mass is 9.90. The van der Waals surface area contributed by atoms with Gasteiger partial charge in [-0.1, -0.05) is 41.4 Å². The first kappa shape index (κ1) is 17.6. The van der Waals surface area contributed by atoms with Crippen molar-refractivity contribution in [3.05, 3.63) is 39.9 Å². The summed E-state index contributed by atoms with van der Waals surface area (Å²) in [5.41, 5.74) is 1.50. The standard InChI is InChI=1S/C18H21Cl2NO3/c1-18(2,3)24-17(22)21-12-7-11(8-13(21)10-23-9-12)14-5-4-6-15(19)16(14)20/h4-7,12-13H,8-10H2,1-3H3. The molecule has 2 aliphatic heterocycles. The maximum atomic E-state index is 12.6. The van der Waals surface area contributed by atoms with Crippen LogP contribution in [-0.2, 0) is 9.47 Å². The fourth-order valence-electron chi connectivity index (χ4n) is 3.15. The molecule has 1 aromatic carbocycles. The number of hydrogen-bond donors (Lipinski definition) is 0. The van der Waals surface area contributed by atoms with Gasteiger partial charge in [0.05, 0.1) is 35.3 Å². The van der Waals surface area contributed by atoms with Crippen molar-refractivity contribution >= 4 is 34.9 Å². The predicted octanol–water partition coefficient (Wildman–Crippen LogP) is 4.79. The first-order chi connectivity index (χ1) is 11.3. The van der Waals surface area contributed by atoms with Gasteiger partial charge in [0, 0.05) is 0 Å². The highest BCUT2D eigenvalue weighted by Gasteiger charge is 2.40. The summed E-state index contributed by atoms with van der Waals surface area (Å²) in [6, 6.07) is 5.40. The Morgan fingerprint density at radius 1 is 1.29 bits per heavy atom. The van der Waals surface area contributed by atoms with Crippen LogP contribution in [-0.4, -0.2) is 41.9 Å². The molecule has 2 heterocycles. The van der Waals surface area contributed by atoms with Crippen molar-refractivity contribution < 1.29 is 14.3 Å². The summed E-state index contributed by atoms with van der Waals surface area (Å²) in [5, 5.41) is 1.08. The number of nitrogens with zero attached hydrogens (tertiary/aromatic N) is 1. The van der Waals surface area contributed by atoms with Crippen molar-refractivity contribution in [2.75, 3.05) is 13.2 Å². The molecule has 0 radical (unpaired) electrons. The van der Waals surface area contributed by atoms with Crippen LogP contribution >= 0.6 is 23.2 Å².